The Labute approximate surface area is 267 Å². The lowest BCUT2D eigenvalue weighted by Crippen LogP contribution is -2.38. The van der Waals surface area contributed by atoms with Gasteiger partial charge in [-0.05, 0) is 59.2 Å². The summed E-state index contributed by atoms with van der Waals surface area (Å²) < 4.78 is 5.88. The van der Waals surface area contributed by atoms with Crippen LogP contribution < -0.4 is 10.1 Å². The summed E-state index contributed by atoms with van der Waals surface area (Å²) in [6.07, 6.45) is 9.90. The van der Waals surface area contributed by atoms with Crippen LogP contribution in [0.15, 0.2) is 85.2 Å². The zero-order valence-corrected chi connectivity index (χ0v) is 26.9. The highest BCUT2D eigenvalue weighted by molar-refractivity contribution is 5.94. The van der Waals surface area contributed by atoms with Gasteiger partial charge in [-0.1, -0.05) is 102 Å². The van der Waals surface area contributed by atoms with E-state index in [4.69, 9.17) is 4.74 Å². The Balaban J connectivity index is 1.34. The zero-order valence-electron chi connectivity index (χ0n) is 26.9. The number of carboxylic acids is 1. The van der Waals surface area contributed by atoms with E-state index in [-0.39, 0.29) is 17.7 Å². The van der Waals surface area contributed by atoms with Crippen LogP contribution in [0.2, 0.25) is 0 Å². The molecule has 1 heterocycles. The first-order valence-corrected chi connectivity index (χ1v) is 15.9. The molecule has 7 nitrogen and oxygen atoms in total. The Morgan fingerprint density at radius 1 is 0.800 bits per heavy atom. The van der Waals surface area contributed by atoms with E-state index in [2.05, 4.69) is 43.0 Å². The highest BCUT2D eigenvalue weighted by atomic mass is 16.5. The maximum Gasteiger partial charge on any atom is 0.305 e. The predicted molar refractivity (Wildman–Crippen MR) is 180 cm³/mol. The molecule has 4 aromatic rings. The van der Waals surface area contributed by atoms with E-state index in [1.54, 1.807) is 12.1 Å². The maximum absolute atomic E-state index is 12.9. The second-order valence-corrected chi connectivity index (χ2v) is 12.6. The Morgan fingerprint density at radius 3 is 2.02 bits per heavy atom. The topological polar surface area (TPSA) is 101 Å². The smallest absolute Gasteiger partial charge is 0.305 e. The zero-order chi connectivity index (χ0) is 32.2. The highest BCUT2D eigenvalue weighted by Gasteiger charge is 2.19. The highest BCUT2D eigenvalue weighted by Crippen LogP contribution is 2.25. The van der Waals surface area contributed by atoms with Crippen LogP contribution in [0.3, 0.4) is 0 Å². The quantitative estimate of drug-likeness (QED) is 0.132. The number of amides is 1. The van der Waals surface area contributed by atoms with Crippen molar-refractivity contribution in [2.75, 3.05) is 6.61 Å². The molecule has 4 rings (SSSR count). The van der Waals surface area contributed by atoms with Gasteiger partial charge in [0.2, 0.25) is 0 Å². The van der Waals surface area contributed by atoms with Gasteiger partial charge in [0.1, 0.15) is 5.75 Å². The summed E-state index contributed by atoms with van der Waals surface area (Å²) >= 11 is 0. The van der Waals surface area contributed by atoms with Crippen LogP contribution in [0, 0.1) is 0 Å². The second-order valence-electron chi connectivity index (χ2n) is 12.6. The van der Waals surface area contributed by atoms with E-state index in [1.165, 1.54) is 25.7 Å². The van der Waals surface area contributed by atoms with Gasteiger partial charge in [-0.15, -0.1) is 0 Å². The van der Waals surface area contributed by atoms with Crippen LogP contribution in [-0.2, 0) is 16.6 Å². The van der Waals surface area contributed by atoms with E-state index in [1.807, 2.05) is 73.1 Å². The standard InChI is InChI=1S/C38H45N3O4/c1-5-6-7-8-9-22-45-34-20-16-28(17-21-34)31-25-39-36(40-26-31)29-12-10-27(11-13-29)23-33(24-35(42)43)41-37(44)30-14-18-32(19-15-30)38(2,3)4/h10-21,25-26,33H,5-9,22-24H2,1-4H3,(H,41,44)(H,42,43). The molecule has 0 saturated heterocycles. The SMILES string of the molecule is CCCCCCCOc1ccc(-c2cnc(-c3ccc(CC(CC(=O)O)NC(=O)c4ccc(C(C)(C)C)cc4)cc3)nc2)cc1. The molecule has 7 heteroatoms. The molecule has 1 aromatic heterocycles. The number of carbonyl (C=O) groups excluding carboxylic acids is 1. The lowest BCUT2D eigenvalue weighted by molar-refractivity contribution is -0.137. The van der Waals surface area contributed by atoms with Crippen LogP contribution in [0.1, 0.15) is 87.7 Å². The number of carboxylic acid groups (broad SMARTS) is 1. The monoisotopic (exact) mass is 607 g/mol. The Morgan fingerprint density at radius 2 is 1.42 bits per heavy atom. The molecule has 0 aliphatic heterocycles. The molecule has 236 valence electrons. The fraction of sp³-hybridized carbons (Fsp3) is 0.368. The summed E-state index contributed by atoms with van der Waals surface area (Å²) in [6.45, 7) is 9.30. The molecule has 0 bridgehead atoms. The van der Waals surface area contributed by atoms with Gasteiger partial charge in [-0.25, -0.2) is 9.97 Å². The minimum absolute atomic E-state index is 0.0190. The summed E-state index contributed by atoms with van der Waals surface area (Å²) in [6, 6.07) is 22.6. The van der Waals surface area contributed by atoms with E-state index < -0.39 is 12.0 Å². The van der Waals surface area contributed by atoms with Crippen molar-refractivity contribution in [2.45, 2.75) is 84.1 Å². The van der Waals surface area contributed by atoms with Crippen molar-refractivity contribution in [1.82, 2.24) is 15.3 Å². The minimum Gasteiger partial charge on any atom is -0.494 e. The number of rotatable bonds is 15. The minimum atomic E-state index is -0.964. The van der Waals surface area contributed by atoms with Crippen molar-refractivity contribution >= 4 is 11.9 Å². The third kappa shape index (κ3) is 10.3. The van der Waals surface area contributed by atoms with Crippen molar-refractivity contribution in [3.63, 3.8) is 0 Å². The first-order valence-electron chi connectivity index (χ1n) is 15.9. The fourth-order valence-electron chi connectivity index (χ4n) is 5.12. The van der Waals surface area contributed by atoms with E-state index in [0.717, 1.165) is 46.6 Å². The average molecular weight is 608 g/mol. The van der Waals surface area contributed by atoms with Crippen LogP contribution in [-0.4, -0.2) is 39.6 Å². The molecule has 0 saturated carbocycles. The van der Waals surface area contributed by atoms with Gasteiger partial charge in [0.15, 0.2) is 5.82 Å². The lowest BCUT2D eigenvalue weighted by atomic mass is 9.86. The van der Waals surface area contributed by atoms with Gasteiger partial charge in [0.05, 0.1) is 13.0 Å². The van der Waals surface area contributed by atoms with Crippen molar-refractivity contribution in [3.8, 4) is 28.3 Å². The number of benzene rings is 3. The third-order valence-corrected chi connectivity index (χ3v) is 7.82. The Kier molecular flexibility index (Phi) is 11.9. The molecule has 45 heavy (non-hydrogen) atoms. The number of aromatic nitrogens is 2. The molecule has 0 aliphatic carbocycles. The number of aliphatic carboxylic acids is 1. The van der Waals surface area contributed by atoms with Crippen molar-refractivity contribution in [2.24, 2.45) is 0 Å². The molecule has 1 atom stereocenters. The number of nitrogens with zero attached hydrogens (tertiary/aromatic N) is 2. The number of carbonyl (C=O) groups is 2. The number of hydrogen-bond donors (Lipinski definition) is 2. The van der Waals surface area contributed by atoms with Gasteiger partial charge in [-0.3, -0.25) is 9.59 Å². The van der Waals surface area contributed by atoms with E-state index >= 15 is 0 Å². The Bertz CT molecular complexity index is 1510. The summed E-state index contributed by atoms with van der Waals surface area (Å²) in [4.78, 5) is 33.7. The lowest BCUT2D eigenvalue weighted by Gasteiger charge is -2.20. The third-order valence-electron chi connectivity index (χ3n) is 7.82. The summed E-state index contributed by atoms with van der Waals surface area (Å²) in [5, 5.41) is 12.4. The molecule has 3 aromatic carbocycles. The molecular formula is C38H45N3O4. The van der Waals surface area contributed by atoms with Crippen molar-refractivity contribution in [1.29, 1.82) is 0 Å². The first kappa shape index (κ1) is 33.4. The second kappa shape index (κ2) is 16.0. The Hall–Kier alpha value is -4.52. The summed E-state index contributed by atoms with van der Waals surface area (Å²) in [7, 11) is 0. The van der Waals surface area contributed by atoms with Crippen LogP contribution in [0.4, 0.5) is 0 Å². The first-order chi connectivity index (χ1) is 21.6. The van der Waals surface area contributed by atoms with Gasteiger partial charge in [0.25, 0.3) is 5.91 Å². The molecule has 1 unspecified atom stereocenters. The molecule has 2 N–H and O–H groups in total. The molecule has 0 radical (unpaired) electrons. The maximum atomic E-state index is 12.9. The predicted octanol–water partition coefficient (Wildman–Crippen LogP) is 8.27. The van der Waals surface area contributed by atoms with Gasteiger partial charge < -0.3 is 15.2 Å². The number of nitrogens with one attached hydrogen (secondary N) is 1. The number of unbranched alkanes of at least 4 members (excludes halogenated alkanes) is 4. The number of ether oxygens (including phenoxy) is 1. The molecule has 0 spiro atoms. The summed E-state index contributed by atoms with van der Waals surface area (Å²) in [5.74, 6) is 0.217. The summed E-state index contributed by atoms with van der Waals surface area (Å²) in [5.41, 5.74) is 5.31. The largest absolute Gasteiger partial charge is 0.494 e. The van der Waals surface area contributed by atoms with Crippen LogP contribution in [0.5, 0.6) is 5.75 Å². The van der Waals surface area contributed by atoms with Gasteiger partial charge in [0, 0.05) is 35.1 Å². The normalized spacial score (nSPS) is 12.0. The van der Waals surface area contributed by atoms with Crippen LogP contribution in [0.25, 0.3) is 22.5 Å². The number of hydrogen-bond acceptors (Lipinski definition) is 5. The van der Waals surface area contributed by atoms with Crippen molar-refractivity contribution in [3.05, 3.63) is 102 Å². The van der Waals surface area contributed by atoms with E-state index in [0.29, 0.717) is 17.8 Å². The average Bonchev–Trinajstić information content (AvgIpc) is 3.03. The van der Waals surface area contributed by atoms with Gasteiger partial charge >= 0.3 is 5.97 Å². The molecule has 1 amide bonds. The van der Waals surface area contributed by atoms with Crippen molar-refractivity contribution < 1.29 is 19.4 Å². The molecule has 0 fully saturated rings. The van der Waals surface area contributed by atoms with Crippen LogP contribution >= 0.6 is 0 Å². The fourth-order valence-corrected chi connectivity index (χ4v) is 5.12. The molecule has 0 aliphatic rings. The molecular weight excluding hydrogens is 562 g/mol. The van der Waals surface area contributed by atoms with Gasteiger partial charge in [-0.2, -0.15) is 0 Å². The van der Waals surface area contributed by atoms with E-state index in [9.17, 15) is 14.7 Å².